The summed E-state index contributed by atoms with van der Waals surface area (Å²) in [5.41, 5.74) is 9.86. The molecular formula is C21H23N3O4. The van der Waals surface area contributed by atoms with Crippen LogP contribution in [0.5, 0.6) is 11.5 Å². The van der Waals surface area contributed by atoms with Crippen molar-refractivity contribution < 1.29 is 19.4 Å². The van der Waals surface area contributed by atoms with Crippen LogP contribution >= 0.6 is 0 Å². The molecule has 1 heterocycles. The number of nitrogens with one attached hydrogen (secondary N) is 1. The van der Waals surface area contributed by atoms with Crippen molar-refractivity contribution in [3.05, 3.63) is 53.2 Å². The maximum atomic E-state index is 12.0. The van der Waals surface area contributed by atoms with E-state index in [1.165, 1.54) is 6.20 Å². The maximum absolute atomic E-state index is 12.0. The normalized spacial score (nSPS) is 10.7. The van der Waals surface area contributed by atoms with Gasteiger partial charge in [-0.25, -0.2) is 0 Å². The predicted molar refractivity (Wildman–Crippen MR) is 109 cm³/mol. The standard InChI is InChI=1S/C21H23N3O4/c1-12-13(7-8-25)5-4-6-16(12)24-20-14-9-18(27-2)19(28-3)10-17(14)23-11-15(20)21(22)26/h4-6,9-11,25H,7-8H2,1-3H3,(H2,22,26)(H,23,24). The number of hydrogen-bond donors (Lipinski definition) is 3. The van der Waals surface area contributed by atoms with Crippen molar-refractivity contribution in [2.45, 2.75) is 13.3 Å². The maximum Gasteiger partial charge on any atom is 0.252 e. The molecule has 7 heteroatoms. The van der Waals surface area contributed by atoms with Gasteiger partial charge in [0.15, 0.2) is 11.5 Å². The highest BCUT2D eigenvalue weighted by molar-refractivity contribution is 6.08. The summed E-state index contributed by atoms with van der Waals surface area (Å²) in [4.78, 5) is 16.4. The number of aliphatic hydroxyl groups excluding tert-OH is 1. The molecule has 1 aromatic heterocycles. The van der Waals surface area contributed by atoms with Crippen molar-refractivity contribution in [2.24, 2.45) is 5.73 Å². The Morgan fingerprint density at radius 2 is 1.93 bits per heavy atom. The number of methoxy groups -OCH3 is 2. The van der Waals surface area contributed by atoms with Crippen LogP contribution < -0.4 is 20.5 Å². The fourth-order valence-corrected chi connectivity index (χ4v) is 3.19. The lowest BCUT2D eigenvalue weighted by Crippen LogP contribution is -2.14. The third-order valence-electron chi connectivity index (χ3n) is 4.73. The van der Waals surface area contributed by atoms with E-state index < -0.39 is 5.91 Å². The van der Waals surface area contributed by atoms with Gasteiger partial charge in [-0.15, -0.1) is 0 Å². The van der Waals surface area contributed by atoms with Gasteiger partial charge in [0.25, 0.3) is 5.91 Å². The molecule has 0 aliphatic rings. The molecule has 28 heavy (non-hydrogen) atoms. The molecule has 0 bridgehead atoms. The minimum absolute atomic E-state index is 0.0615. The van der Waals surface area contributed by atoms with Gasteiger partial charge in [-0.1, -0.05) is 12.1 Å². The van der Waals surface area contributed by atoms with Crippen molar-refractivity contribution >= 4 is 28.2 Å². The van der Waals surface area contributed by atoms with Crippen molar-refractivity contribution in [1.82, 2.24) is 4.98 Å². The molecule has 4 N–H and O–H groups in total. The number of hydrogen-bond acceptors (Lipinski definition) is 6. The molecule has 0 fully saturated rings. The third kappa shape index (κ3) is 3.57. The number of fused-ring (bicyclic) bond motifs is 1. The number of primary amides is 1. The molecule has 0 aliphatic heterocycles. The lowest BCUT2D eigenvalue weighted by molar-refractivity contribution is 0.100. The van der Waals surface area contributed by atoms with E-state index in [2.05, 4.69) is 10.3 Å². The first kappa shape index (κ1) is 19.4. The zero-order valence-electron chi connectivity index (χ0n) is 16.1. The van der Waals surface area contributed by atoms with E-state index in [-0.39, 0.29) is 12.2 Å². The summed E-state index contributed by atoms with van der Waals surface area (Å²) >= 11 is 0. The molecule has 0 atom stereocenters. The van der Waals surface area contributed by atoms with E-state index in [1.54, 1.807) is 26.4 Å². The van der Waals surface area contributed by atoms with Crippen molar-refractivity contribution in [1.29, 1.82) is 0 Å². The monoisotopic (exact) mass is 381 g/mol. The average Bonchev–Trinajstić information content (AvgIpc) is 2.69. The highest BCUT2D eigenvalue weighted by Crippen LogP contribution is 2.37. The van der Waals surface area contributed by atoms with Crippen LogP contribution in [-0.2, 0) is 6.42 Å². The van der Waals surface area contributed by atoms with Crippen LogP contribution in [0.4, 0.5) is 11.4 Å². The number of rotatable bonds is 7. The Bertz CT molecular complexity index is 1030. The Kier molecular flexibility index (Phi) is 5.65. The van der Waals surface area contributed by atoms with Crippen molar-refractivity contribution in [3.8, 4) is 11.5 Å². The smallest absolute Gasteiger partial charge is 0.252 e. The number of nitrogens with zero attached hydrogens (tertiary/aromatic N) is 1. The minimum atomic E-state index is -0.587. The summed E-state index contributed by atoms with van der Waals surface area (Å²) in [5.74, 6) is 0.476. The third-order valence-corrected chi connectivity index (χ3v) is 4.73. The number of benzene rings is 2. The van der Waals surface area contributed by atoms with E-state index in [0.29, 0.717) is 34.5 Å². The van der Waals surface area contributed by atoms with Gasteiger partial charge in [0.1, 0.15) is 0 Å². The number of pyridine rings is 1. The summed E-state index contributed by atoms with van der Waals surface area (Å²) in [6.07, 6.45) is 2.00. The first-order valence-electron chi connectivity index (χ1n) is 8.81. The number of ether oxygens (including phenoxy) is 2. The van der Waals surface area contributed by atoms with Crippen LogP contribution in [0.15, 0.2) is 36.5 Å². The molecule has 0 unspecified atom stereocenters. The molecule has 2 aromatic carbocycles. The molecule has 1 amide bonds. The summed E-state index contributed by atoms with van der Waals surface area (Å²) in [6.45, 7) is 2.02. The Morgan fingerprint density at radius 3 is 2.57 bits per heavy atom. The number of aliphatic hydroxyl groups is 1. The second kappa shape index (κ2) is 8.14. The lowest BCUT2D eigenvalue weighted by atomic mass is 10.0. The van der Waals surface area contributed by atoms with Crippen LogP contribution in [0.3, 0.4) is 0 Å². The Hall–Kier alpha value is -3.32. The molecule has 0 spiro atoms. The first-order chi connectivity index (χ1) is 13.5. The molecule has 0 saturated heterocycles. The van der Waals surface area contributed by atoms with Gasteiger partial charge in [-0.2, -0.15) is 0 Å². The van der Waals surface area contributed by atoms with Crippen LogP contribution in [0.25, 0.3) is 10.9 Å². The summed E-state index contributed by atoms with van der Waals surface area (Å²) < 4.78 is 10.7. The fourth-order valence-electron chi connectivity index (χ4n) is 3.19. The molecule has 0 saturated carbocycles. The number of aromatic nitrogens is 1. The SMILES string of the molecule is COc1cc2ncc(C(N)=O)c(Nc3cccc(CCO)c3C)c2cc1OC. The summed E-state index contributed by atoms with van der Waals surface area (Å²) in [5, 5.41) is 13.3. The highest BCUT2D eigenvalue weighted by atomic mass is 16.5. The quantitative estimate of drug-likeness (QED) is 0.581. The van der Waals surface area contributed by atoms with Crippen LogP contribution in [0, 0.1) is 6.92 Å². The fraction of sp³-hybridized carbons (Fsp3) is 0.238. The predicted octanol–water partition coefficient (Wildman–Crippen LogP) is 2.94. The van der Waals surface area contributed by atoms with E-state index in [0.717, 1.165) is 16.8 Å². The van der Waals surface area contributed by atoms with Crippen LogP contribution in [0.1, 0.15) is 21.5 Å². The molecule has 7 nitrogen and oxygen atoms in total. The molecule has 0 radical (unpaired) electrons. The zero-order chi connectivity index (χ0) is 20.3. The van der Waals surface area contributed by atoms with E-state index in [1.807, 2.05) is 25.1 Å². The average molecular weight is 381 g/mol. The summed E-state index contributed by atoms with van der Waals surface area (Å²) in [7, 11) is 3.10. The number of nitrogens with two attached hydrogens (primary N) is 1. The highest BCUT2D eigenvalue weighted by Gasteiger charge is 2.17. The molecule has 3 aromatic rings. The number of amides is 1. The molecule has 146 valence electrons. The Labute approximate surface area is 163 Å². The van der Waals surface area contributed by atoms with Gasteiger partial charge in [-0.3, -0.25) is 9.78 Å². The Morgan fingerprint density at radius 1 is 1.21 bits per heavy atom. The van der Waals surface area contributed by atoms with Crippen LogP contribution in [-0.4, -0.2) is 36.8 Å². The first-order valence-corrected chi connectivity index (χ1v) is 8.81. The van der Waals surface area contributed by atoms with Gasteiger partial charge < -0.3 is 25.6 Å². The van der Waals surface area contributed by atoms with E-state index >= 15 is 0 Å². The number of carbonyl (C=O) groups excluding carboxylic acids is 1. The van der Waals surface area contributed by atoms with Crippen LogP contribution in [0.2, 0.25) is 0 Å². The van der Waals surface area contributed by atoms with Crippen molar-refractivity contribution in [2.75, 3.05) is 26.1 Å². The number of carbonyl (C=O) groups is 1. The lowest BCUT2D eigenvalue weighted by Gasteiger charge is -2.18. The van der Waals surface area contributed by atoms with Gasteiger partial charge >= 0.3 is 0 Å². The van der Waals surface area contributed by atoms with E-state index in [4.69, 9.17) is 15.2 Å². The second-order valence-electron chi connectivity index (χ2n) is 6.32. The summed E-state index contributed by atoms with van der Waals surface area (Å²) in [6, 6.07) is 9.29. The number of anilines is 2. The van der Waals surface area contributed by atoms with E-state index in [9.17, 15) is 9.90 Å². The molecular weight excluding hydrogens is 358 g/mol. The van der Waals surface area contributed by atoms with Gasteiger partial charge in [-0.05, 0) is 36.6 Å². The van der Waals surface area contributed by atoms with Gasteiger partial charge in [0.05, 0.1) is 31.0 Å². The second-order valence-corrected chi connectivity index (χ2v) is 6.32. The zero-order valence-corrected chi connectivity index (χ0v) is 16.1. The largest absolute Gasteiger partial charge is 0.493 e. The topological polar surface area (TPSA) is 107 Å². The molecule has 3 rings (SSSR count). The molecule has 0 aliphatic carbocycles. The van der Waals surface area contributed by atoms with Gasteiger partial charge in [0, 0.05) is 29.9 Å². The van der Waals surface area contributed by atoms with Crippen molar-refractivity contribution in [3.63, 3.8) is 0 Å². The van der Waals surface area contributed by atoms with Gasteiger partial charge in [0.2, 0.25) is 0 Å². The minimum Gasteiger partial charge on any atom is -0.493 e. The Balaban J connectivity index is 2.22.